The van der Waals surface area contributed by atoms with Crippen LogP contribution < -0.4 is 14.8 Å². The molecule has 1 N–H and O–H groups in total. The number of halogens is 1. The van der Waals surface area contributed by atoms with Crippen molar-refractivity contribution in [3.63, 3.8) is 0 Å². The second kappa shape index (κ2) is 8.94. The molecule has 2 aromatic rings. The van der Waals surface area contributed by atoms with Gasteiger partial charge in [0.1, 0.15) is 18.1 Å². The van der Waals surface area contributed by atoms with Gasteiger partial charge in [-0.15, -0.1) is 0 Å². The van der Waals surface area contributed by atoms with E-state index in [1.807, 2.05) is 30.3 Å². The van der Waals surface area contributed by atoms with Crippen molar-refractivity contribution in [2.24, 2.45) is 0 Å². The minimum atomic E-state index is -0.662. The molecular weight excluding hydrogens is 372 g/mol. The maximum absolute atomic E-state index is 12.0. The van der Waals surface area contributed by atoms with E-state index in [4.69, 9.17) is 14.7 Å². The SMILES string of the molecule is CC(Oc1cccc(C#N)c1)C(=O)NCCOc1cccc(Br)c1. The number of hydrogen-bond donors (Lipinski definition) is 1. The summed E-state index contributed by atoms with van der Waals surface area (Å²) in [5, 5.41) is 11.6. The molecule has 0 saturated carbocycles. The Hall–Kier alpha value is -2.52. The predicted octanol–water partition coefficient (Wildman–Crippen LogP) is 3.28. The fourth-order valence-electron chi connectivity index (χ4n) is 1.94. The molecule has 0 aliphatic heterocycles. The Balaban J connectivity index is 1.74. The van der Waals surface area contributed by atoms with Crippen molar-refractivity contribution < 1.29 is 14.3 Å². The average Bonchev–Trinajstić information content (AvgIpc) is 2.58. The Morgan fingerprint density at radius 2 is 2.00 bits per heavy atom. The lowest BCUT2D eigenvalue weighted by Gasteiger charge is -2.15. The summed E-state index contributed by atoms with van der Waals surface area (Å²) in [6.45, 7) is 2.39. The first-order valence-electron chi connectivity index (χ1n) is 7.41. The summed E-state index contributed by atoms with van der Waals surface area (Å²) in [5.41, 5.74) is 0.488. The van der Waals surface area contributed by atoms with E-state index in [0.717, 1.165) is 10.2 Å². The van der Waals surface area contributed by atoms with E-state index in [2.05, 4.69) is 21.2 Å². The van der Waals surface area contributed by atoms with Crippen molar-refractivity contribution in [2.75, 3.05) is 13.2 Å². The zero-order chi connectivity index (χ0) is 17.4. The molecule has 0 saturated heterocycles. The van der Waals surface area contributed by atoms with E-state index < -0.39 is 6.10 Å². The number of nitrogens with zero attached hydrogens (tertiary/aromatic N) is 1. The van der Waals surface area contributed by atoms with E-state index in [-0.39, 0.29) is 5.91 Å². The van der Waals surface area contributed by atoms with Gasteiger partial charge in [0, 0.05) is 4.47 Å². The van der Waals surface area contributed by atoms with Gasteiger partial charge in [0.2, 0.25) is 0 Å². The normalized spacial score (nSPS) is 11.2. The van der Waals surface area contributed by atoms with Crippen molar-refractivity contribution in [1.82, 2.24) is 5.32 Å². The number of amides is 1. The van der Waals surface area contributed by atoms with Crippen molar-refractivity contribution >= 4 is 21.8 Å². The first-order valence-corrected chi connectivity index (χ1v) is 8.20. The monoisotopic (exact) mass is 388 g/mol. The number of hydrogen-bond acceptors (Lipinski definition) is 4. The van der Waals surface area contributed by atoms with Crippen LogP contribution in [0.1, 0.15) is 12.5 Å². The number of benzene rings is 2. The molecular formula is C18H17BrN2O3. The molecule has 5 nitrogen and oxygen atoms in total. The van der Waals surface area contributed by atoms with E-state index in [9.17, 15) is 4.79 Å². The number of rotatable bonds is 7. The maximum atomic E-state index is 12.0. The zero-order valence-corrected chi connectivity index (χ0v) is 14.7. The highest BCUT2D eigenvalue weighted by molar-refractivity contribution is 9.10. The second-order valence-corrected chi connectivity index (χ2v) is 5.91. The molecule has 1 atom stereocenters. The summed E-state index contributed by atoms with van der Waals surface area (Å²) in [4.78, 5) is 12.0. The van der Waals surface area contributed by atoms with Crippen LogP contribution in [0.25, 0.3) is 0 Å². The molecule has 0 bridgehead atoms. The summed E-state index contributed by atoms with van der Waals surface area (Å²) in [6.07, 6.45) is -0.662. The van der Waals surface area contributed by atoms with Gasteiger partial charge < -0.3 is 14.8 Å². The van der Waals surface area contributed by atoms with Gasteiger partial charge in [-0.1, -0.05) is 28.1 Å². The van der Waals surface area contributed by atoms with Gasteiger partial charge >= 0.3 is 0 Å². The van der Waals surface area contributed by atoms with Crippen LogP contribution in [-0.4, -0.2) is 25.2 Å². The molecule has 2 aromatic carbocycles. The summed E-state index contributed by atoms with van der Waals surface area (Å²) < 4.78 is 12.0. The predicted molar refractivity (Wildman–Crippen MR) is 93.9 cm³/mol. The molecule has 0 aliphatic carbocycles. The van der Waals surface area contributed by atoms with Crippen molar-refractivity contribution in [3.05, 3.63) is 58.6 Å². The molecule has 0 radical (unpaired) electrons. The summed E-state index contributed by atoms with van der Waals surface area (Å²) in [7, 11) is 0. The van der Waals surface area contributed by atoms with Gasteiger partial charge in [0.25, 0.3) is 5.91 Å². The molecule has 0 spiro atoms. The minimum absolute atomic E-state index is 0.241. The van der Waals surface area contributed by atoms with Crippen LogP contribution in [0.5, 0.6) is 11.5 Å². The average molecular weight is 389 g/mol. The Labute approximate surface area is 149 Å². The number of nitrogens with one attached hydrogen (secondary N) is 1. The van der Waals surface area contributed by atoms with Crippen LogP contribution in [0.4, 0.5) is 0 Å². The van der Waals surface area contributed by atoms with Gasteiger partial charge in [0.05, 0.1) is 18.2 Å². The first-order chi connectivity index (χ1) is 11.6. The van der Waals surface area contributed by atoms with Crippen molar-refractivity contribution in [1.29, 1.82) is 5.26 Å². The second-order valence-electron chi connectivity index (χ2n) is 5.00. The van der Waals surface area contributed by atoms with Crippen molar-refractivity contribution in [3.8, 4) is 17.6 Å². The van der Waals surface area contributed by atoms with Crippen LogP contribution in [0.3, 0.4) is 0 Å². The summed E-state index contributed by atoms with van der Waals surface area (Å²) >= 11 is 3.37. The Morgan fingerprint density at radius 1 is 1.25 bits per heavy atom. The smallest absolute Gasteiger partial charge is 0.260 e. The Bertz CT molecular complexity index is 743. The lowest BCUT2D eigenvalue weighted by atomic mass is 10.2. The molecule has 24 heavy (non-hydrogen) atoms. The minimum Gasteiger partial charge on any atom is -0.492 e. The van der Waals surface area contributed by atoms with Crippen LogP contribution in [0.2, 0.25) is 0 Å². The standard InChI is InChI=1S/C18H17BrN2O3/c1-13(24-17-7-2-4-14(10-17)12-20)18(22)21-8-9-23-16-6-3-5-15(19)11-16/h2-7,10-11,13H,8-9H2,1H3,(H,21,22). The number of nitriles is 1. The fourth-order valence-corrected chi connectivity index (χ4v) is 2.32. The number of carbonyl (C=O) groups is 1. The molecule has 6 heteroatoms. The zero-order valence-electron chi connectivity index (χ0n) is 13.2. The molecule has 2 rings (SSSR count). The quantitative estimate of drug-likeness (QED) is 0.738. The largest absolute Gasteiger partial charge is 0.492 e. The van der Waals surface area contributed by atoms with Gasteiger partial charge in [0.15, 0.2) is 6.10 Å². The lowest BCUT2D eigenvalue weighted by Crippen LogP contribution is -2.38. The Morgan fingerprint density at radius 3 is 2.75 bits per heavy atom. The third kappa shape index (κ3) is 5.60. The third-order valence-electron chi connectivity index (χ3n) is 3.11. The maximum Gasteiger partial charge on any atom is 0.260 e. The van der Waals surface area contributed by atoms with Crippen LogP contribution in [0, 0.1) is 11.3 Å². The van der Waals surface area contributed by atoms with E-state index in [0.29, 0.717) is 24.5 Å². The summed E-state index contributed by atoms with van der Waals surface area (Å²) in [6, 6.07) is 16.2. The highest BCUT2D eigenvalue weighted by Gasteiger charge is 2.14. The highest BCUT2D eigenvalue weighted by Crippen LogP contribution is 2.17. The molecule has 1 unspecified atom stereocenters. The molecule has 0 aliphatic rings. The van der Waals surface area contributed by atoms with Crippen LogP contribution >= 0.6 is 15.9 Å². The van der Waals surface area contributed by atoms with Crippen LogP contribution in [0.15, 0.2) is 53.0 Å². The topological polar surface area (TPSA) is 71.3 Å². The third-order valence-corrected chi connectivity index (χ3v) is 3.60. The van der Waals surface area contributed by atoms with Gasteiger partial charge in [-0.2, -0.15) is 5.26 Å². The molecule has 0 fully saturated rings. The molecule has 1 amide bonds. The highest BCUT2D eigenvalue weighted by atomic mass is 79.9. The van der Waals surface area contributed by atoms with E-state index in [1.54, 1.807) is 31.2 Å². The summed E-state index contributed by atoms with van der Waals surface area (Å²) in [5.74, 6) is 0.980. The fraction of sp³-hybridized carbons (Fsp3) is 0.222. The van der Waals surface area contributed by atoms with Gasteiger partial charge in [-0.05, 0) is 43.3 Å². The molecule has 0 aromatic heterocycles. The van der Waals surface area contributed by atoms with Crippen LogP contribution in [-0.2, 0) is 4.79 Å². The first kappa shape index (κ1) is 17.8. The molecule has 0 heterocycles. The van der Waals surface area contributed by atoms with E-state index in [1.165, 1.54) is 0 Å². The molecule has 124 valence electrons. The Kier molecular flexibility index (Phi) is 6.64. The van der Waals surface area contributed by atoms with E-state index >= 15 is 0 Å². The lowest BCUT2D eigenvalue weighted by molar-refractivity contribution is -0.127. The number of ether oxygens (including phenoxy) is 2. The van der Waals surface area contributed by atoms with Crippen molar-refractivity contribution in [2.45, 2.75) is 13.0 Å². The van der Waals surface area contributed by atoms with Gasteiger partial charge in [-0.25, -0.2) is 0 Å². The van der Waals surface area contributed by atoms with Gasteiger partial charge in [-0.3, -0.25) is 4.79 Å². The number of carbonyl (C=O) groups excluding carboxylic acids is 1.